The first-order valence-corrected chi connectivity index (χ1v) is 7.25. The zero-order chi connectivity index (χ0) is 13.1. The molecule has 1 aromatic carbocycles. The Labute approximate surface area is 120 Å². The number of nitrogens with two attached hydrogens (primary N) is 1. The van der Waals surface area contributed by atoms with Gasteiger partial charge in [0.15, 0.2) is 0 Å². The van der Waals surface area contributed by atoms with E-state index in [1.165, 1.54) is 0 Å². The molecule has 1 saturated carbocycles. The SMILES string of the molecule is NCC1CCCC1NC(=O)c1cc(Br)ccc1Cl. The molecule has 1 aliphatic rings. The summed E-state index contributed by atoms with van der Waals surface area (Å²) in [6.45, 7) is 0.622. The van der Waals surface area contributed by atoms with Gasteiger partial charge in [0.25, 0.3) is 5.91 Å². The molecule has 0 heterocycles. The van der Waals surface area contributed by atoms with Crippen molar-refractivity contribution in [1.29, 1.82) is 0 Å². The Morgan fingerprint density at radius 1 is 1.50 bits per heavy atom. The number of halogens is 2. The first-order valence-electron chi connectivity index (χ1n) is 6.08. The quantitative estimate of drug-likeness (QED) is 0.894. The first-order chi connectivity index (χ1) is 8.61. The van der Waals surface area contributed by atoms with Crippen LogP contribution >= 0.6 is 27.5 Å². The van der Waals surface area contributed by atoms with E-state index < -0.39 is 0 Å². The Kier molecular flexibility index (Phi) is 4.65. The number of hydrogen-bond acceptors (Lipinski definition) is 2. The van der Waals surface area contributed by atoms with Crippen LogP contribution in [0.2, 0.25) is 5.02 Å². The molecule has 3 nitrogen and oxygen atoms in total. The summed E-state index contributed by atoms with van der Waals surface area (Å²) in [5, 5.41) is 3.51. The average Bonchev–Trinajstić information content (AvgIpc) is 2.79. The summed E-state index contributed by atoms with van der Waals surface area (Å²) < 4.78 is 0.846. The van der Waals surface area contributed by atoms with Crippen LogP contribution in [0.1, 0.15) is 29.6 Å². The predicted octanol–water partition coefficient (Wildman–Crippen LogP) is 2.96. The van der Waals surface area contributed by atoms with Crippen LogP contribution < -0.4 is 11.1 Å². The van der Waals surface area contributed by atoms with Crippen molar-refractivity contribution in [1.82, 2.24) is 5.32 Å². The van der Waals surface area contributed by atoms with Crippen LogP contribution in [0.3, 0.4) is 0 Å². The van der Waals surface area contributed by atoms with Crippen molar-refractivity contribution in [2.75, 3.05) is 6.54 Å². The normalized spacial score (nSPS) is 23.1. The first kappa shape index (κ1) is 13.8. The van der Waals surface area contributed by atoms with Gasteiger partial charge in [-0.2, -0.15) is 0 Å². The van der Waals surface area contributed by atoms with Gasteiger partial charge in [0.1, 0.15) is 0 Å². The Balaban J connectivity index is 2.09. The summed E-state index contributed by atoms with van der Waals surface area (Å²) >= 11 is 9.38. The van der Waals surface area contributed by atoms with Gasteiger partial charge in [-0.1, -0.05) is 34.0 Å². The van der Waals surface area contributed by atoms with Crippen molar-refractivity contribution in [3.63, 3.8) is 0 Å². The second-order valence-electron chi connectivity index (χ2n) is 4.63. The van der Waals surface area contributed by atoms with Crippen LogP contribution in [0.15, 0.2) is 22.7 Å². The minimum Gasteiger partial charge on any atom is -0.349 e. The van der Waals surface area contributed by atoms with Crippen molar-refractivity contribution >= 4 is 33.4 Å². The Morgan fingerprint density at radius 2 is 2.28 bits per heavy atom. The average molecular weight is 332 g/mol. The fourth-order valence-electron chi connectivity index (χ4n) is 2.43. The Bertz CT molecular complexity index is 453. The molecule has 1 fully saturated rings. The van der Waals surface area contributed by atoms with E-state index in [0.29, 0.717) is 23.0 Å². The fraction of sp³-hybridized carbons (Fsp3) is 0.462. The third-order valence-corrected chi connectivity index (χ3v) is 4.27. The molecule has 2 unspecified atom stereocenters. The third-order valence-electron chi connectivity index (χ3n) is 3.45. The molecule has 0 bridgehead atoms. The lowest BCUT2D eigenvalue weighted by atomic mass is 10.0. The molecule has 3 N–H and O–H groups in total. The highest BCUT2D eigenvalue weighted by Gasteiger charge is 2.28. The molecule has 0 radical (unpaired) electrons. The molecule has 2 atom stereocenters. The van der Waals surface area contributed by atoms with Crippen LogP contribution in [-0.2, 0) is 0 Å². The third kappa shape index (κ3) is 3.05. The van der Waals surface area contributed by atoms with Crippen molar-refractivity contribution < 1.29 is 4.79 Å². The molecule has 0 aromatic heterocycles. The number of carbonyl (C=O) groups excluding carboxylic acids is 1. The lowest BCUT2D eigenvalue weighted by molar-refractivity contribution is 0.0929. The molecule has 1 aliphatic carbocycles. The molecule has 2 rings (SSSR count). The lowest BCUT2D eigenvalue weighted by Gasteiger charge is -2.19. The van der Waals surface area contributed by atoms with Crippen molar-refractivity contribution in [2.24, 2.45) is 11.7 Å². The smallest absolute Gasteiger partial charge is 0.253 e. The summed E-state index contributed by atoms with van der Waals surface area (Å²) in [6, 6.07) is 5.45. The molecule has 18 heavy (non-hydrogen) atoms. The van der Waals surface area contributed by atoms with E-state index in [2.05, 4.69) is 21.2 Å². The van der Waals surface area contributed by atoms with Gasteiger partial charge in [-0.05, 0) is 43.5 Å². The summed E-state index contributed by atoms with van der Waals surface area (Å²) in [5.41, 5.74) is 6.22. The van der Waals surface area contributed by atoms with Gasteiger partial charge in [-0.3, -0.25) is 4.79 Å². The maximum atomic E-state index is 12.2. The van der Waals surface area contributed by atoms with Gasteiger partial charge in [0.2, 0.25) is 0 Å². The van der Waals surface area contributed by atoms with Gasteiger partial charge in [-0.15, -0.1) is 0 Å². The van der Waals surface area contributed by atoms with E-state index in [-0.39, 0.29) is 11.9 Å². The van der Waals surface area contributed by atoms with E-state index >= 15 is 0 Å². The molecule has 1 amide bonds. The standard InChI is InChI=1S/C13H16BrClN2O/c14-9-4-5-11(15)10(6-9)13(18)17-12-3-1-2-8(12)7-16/h4-6,8,12H,1-3,7,16H2,(H,17,18). The fourth-order valence-corrected chi connectivity index (χ4v) is 2.99. The zero-order valence-corrected chi connectivity index (χ0v) is 12.3. The predicted molar refractivity (Wildman–Crippen MR) is 76.8 cm³/mol. The molecule has 5 heteroatoms. The second kappa shape index (κ2) is 6.04. The number of carbonyl (C=O) groups is 1. The van der Waals surface area contributed by atoms with Crippen LogP contribution in [0, 0.1) is 5.92 Å². The highest BCUT2D eigenvalue weighted by Crippen LogP contribution is 2.26. The number of hydrogen-bond donors (Lipinski definition) is 2. The van der Waals surface area contributed by atoms with Crippen LogP contribution in [0.4, 0.5) is 0 Å². The summed E-state index contributed by atoms with van der Waals surface area (Å²) in [7, 11) is 0. The molecular formula is C13H16BrClN2O. The van der Waals surface area contributed by atoms with Gasteiger partial charge >= 0.3 is 0 Å². The Morgan fingerprint density at radius 3 is 3.00 bits per heavy atom. The van der Waals surface area contributed by atoms with Crippen molar-refractivity contribution in [3.8, 4) is 0 Å². The summed E-state index contributed by atoms with van der Waals surface area (Å²) in [4.78, 5) is 12.2. The van der Waals surface area contributed by atoms with Crippen molar-refractivity contribution in [2.45, 2.75) is 25.3 Å². The molecule has 98 valence electrons. The highest BCUT2D eigenvalue weighted by molar-refractivity contribution is 9.10. The molecule has 0 aliphatic heterocycles. The maximum absolute atomic E-state index is 12.2. The number of rotatable bonds is 3. The van der Waals surface area contributed by atoms with E-state index in [1.54, 1.807) is 12.1 Å². The van der Waals surface area contributed by atoms with Crippen molar-refractivity contribution in [3.05, 3.63) is 33.3 Å². The lowest BCUT2D eigenvalue weighted by Crippen LogP contribution is -2.39. The zero-order valence-electron chi connectivity index (χ0n) is 9.96. The monoisotopic (exact) mass is 330 g/mol. The highest BCUT2D eigenvalue weighted by atomic mass is 79.9. The van der Waals surface area contributed by atoms with Crippen LogP contribution in [-0.4, -0.2) is 18.5 Å². The number of amides is 1. The minimum absolute atomic E-state index is 0.119. The summed E-state index contributed by atoms with van der Waals surface area (Å²) in [5.74, 6) is 0.270. The van der Waals surface area contributed by atoms with E-state index in [1.807, 2.05) is 6.07 Å². The maximum Gasteiger partial charge on any atom is 0.253 e. The topological polar surface area (TPSA) is 55.1 Å². The van der Waals surface area contributed by atoms with Crippen LogP contribution in [0.5, 0.6) is 0 Å². The minimum atomic E-state index is -0.119. The van der Waals surface area contributed by atoms with E-state index in [4.69, 9.17) is 17.3 Å². The second-order valence-corrected chi connectivity index (χ2v) is 5.95. The van der Waals surface area contributed by atoms with Gasteiger partial charge < -0.3 is 11.1 Å². The number of nitrogens with one attached hydrogen (secondary N) is 1. The summed E-state index contributed by atoms with van der Waals surface area (Å²) in [6.07, 6.45) is 3.21. The van der Waals surface area contributed by atoms with Gasteiger partial charge in [0, 0.05) is 10.5 Å². The van der Waals surface area contributed by atoms with E-state index in [0.717, 1.165) is 23.7 Å². The van der Waals surface area contributed by atoms with E-state index in [9.17, 15) is 4.79 Å². The number of benzene rings is 1. The Hall–Kier alpha value is -0.580. The molecule has 0 spiro atoms. The van der Waals surface area contributed by atoms with Crippen LogP contribution in [0.25, 0.3) is 0 Å². The molecular weight excluding hydrogens is 316 g/mol. The van der Waals surface area contributed by atoms with Gasteiger partial charge in [0.05, 0.1) is 10.6 Å². The van der Waals surface area contributed by atoms with Gasteiger partial charge in [-0.25, -0.2) is 0 Å². The molecule has 1 aromatic rings. The molecule has 0 saturated heterocycles. The largest absolute Gasteiger partial charge is 0.349 e.